The van der Waals surface area contributed by atoms with Crippen LogP contribution in [-0.4, -0.2) is 61.5 Å². The van der Waals surface area contributed by atoms with Gasteiger partial charge in [-0.15, -0.1) is 37.2 Å². The minimum atomic E-state index is 0. The van der Waals surface area contributed by atoms with Gasteiger partial charge in [0.25, 0.3) is 0 Å². The van der Waals surface area contributed by atoms with Gasteiger partial charge in [-0.2, -0.15) is 0 Å². The third-order valence-corrected chi connectivity index (χ3v) is 7.29. The first-order valence-corrected chi connectivity index (χ1v) is 12.9. The molecular formula is C30H39Cl3N4O. The highest BCUT2D eigenvalue weighted by Crippen LogP contribution is 2.29. The summed E-state index contributed by atoms with van der Waals surface area (Å²) < 4.78 is 0. The third-order valence-electron chi connectivity index (χ3n) is 7.29. The number of hydrogen-bond donors (Lipinski definition) is 2. The predicted octanol–water partition coefficient (Wildman–Crippen LogP) is 5.38. The van der Waals surface area contributed by atoms with E-state index in [0.29, 0.717) is 6.42 Å². The molecule has 1 fully saturated rings. The summed E-state index contributed by atoms with van der Waals surface area (Å²) in [5.41, 5.74) is 6.35. The SMILES string of the molecule is Cl.Cl.Cl.O=C(CCN1CCN(C(c2ccccc2)c2ccccc2)CC1)Nc1ccc2c(c1)CCNCC2. The molecule has 0 saturated carbocycles. The number of nitrogens with one attached hydrogen (secondary N) is 2. The fourth-order valence-electron chi connectivity index (χ4n) is 5.36. The number of amides is 1. The van der Waals surface area contributed by atoms with Gasteiger partial charge in [-0.05, 0) is 60.3 Å². The van der Waals surface area contributed by atoms with E-state index in [-0.39, 0.29) is 49.2 Å². The zero-order valence-electron chi connectivity index (χ0n) is 21.7. The molecule has 2 N–H and O–H groups in total. The molecule has 0 radical (unpaired) electrons. The third kappa shape index (κ3) is 8.44. The molecule has 2 aliphatic rings. The van der Waals surface area contributed by atoms with Gasteiger partial charge in [0.05, 0.1) is 6.04 Å². The molecule has 0 aromatic heterocycles. The van der Waals surface area contributed by atoms with Crippen molar-refractivity contribution in [2.24, 2.45) is 0 Å². The van der Waals surface area contributed by atoms with Crippen molar-refractivity contribution in [2.45, 2.75) is 25.3 Å². The van der Waals surface area contributed by atoms with E-state index in [1.165, 1.54) is 22.3 Å². The Morgan fingerprint density at radius 1 is 0.763 bits per heavy atom. The molecule has 3 aromatic rings. The van der Waals surface area contributed by atoms with Gasteiger partial charge in [-0.3, -0.25) is 9.69 Å². The van der Waals surface area contributed by atoms with Crippen molar-refractivity contribution in [3.63, 3.8) is 0 Å². The minimum absolute atomic E-state index is 0. The van der Waals surface area contributed by atoms with Crippen molar-refractivity contribution in [1.82, 2.24) is 15.1 Å². The Hall–Kier alpha value is -2.12. The van der Waals surface area contributed by atoms with Crippen LogP contribution in [0.2, 0.25) is 0 Å². The Labute approximate surface area is 245 Å². The van der Waals surface area contributed by atoms with Crippen LogP contribution in [0.25, 0.3) is 0 Å². The zero-order chi connectivity index (χ0) is 23.9. The average Bonchev–Trinajstić information content (AvgIpc) is 3.15. The highest BCUT2D eigenvalue weighted by molar-refractivity contribution is 5.91. The lowest BCUT2D eigenvalue weighted by atomic mass is 9.96. The Kier molecular flexibility index (Phi) is 13.6. The monoisotopic (exact) mass is 576 g/mol. The van der Waals surface area contributed by atoms with Crippen molar-refractivity contribution in [1.29, 1.82) is 0 Å². The first kappa shape index (κ1) is 32.1. The molecule has 38 heavy (non-hydrogen) atoms. The lowest BCUT2D eigenvalue weighted by Gasteiger charge is -2.39. The van der Waals surface area contributed by atoms with Crippen molar-refractivity contribution >= 4 is 48.8 Å². The van der Waals surface area contributed by atoms with Crippen molar-refractivity contribution < 1.29 is 4.79 Å². The van der Waals surface area contributed by atoms with Gasteiger partial charge in [0, 0.05) is 44.8 Å². The Morgan fingerprint density at radius 3 is 1.95 bits per heavy atom. The Morgan fingerprint density at radius 2 is 1.34 bits per heavy atom. The van der Waals surface area contributed by atoms with Gasteiger partial charge in [-0.25, -0.2) is 0 Å². The molecule has 0 bridgehead atoms. The van der Waals surface area contributed by atoms with E-state index < -0.39 is 0 Å². The number of benzene rings is 3. The number of rotatable bonds is 7. The molecule has 0 unspecified atom stereocenters. The van der Waals surface area contributed by atoms with Crippen LogP contribution in [0.15, 0.2) is 78.9 Å². The maximum atomic E-state index is 12.7. The fraction of sp³-hybridized carbons (Fsp3) is 0.367. The number of piperazine rings is 1. The van der Waals surface area contributed by atoms with Crippen LogP contribution in [0.3, 0.4) is 0 Å². The van der Waals surface area contributed by atoms with E-state index >= 15 is 0 Å². The molecular weight excluding hydrogens is 539 g/mol. The standard InChI is InChI=1S/C30H36N4O.3ClH/c35-29(32-28-12-11-24-13-16-31-17-14-27(24)23-28)15-18-33-19-21-34(22-20-33)30(25-7-3-1-4-8-25)26-9-5-2-6-10-26;;;/h1-12,23,30-31H,13-22H2,(H,32,35);3*1H. The zero-order valence-corrected chi connectivity index (χ0v) is 24.1. The van der Waals surface area contributed by atoms with Crippen molar-refractivity contribution in [3.05, 3.63) is 101 Å². The number of carbonyl (C=O) groups is 1. The normalized spacial score (nSPS) is 15.7. The van der Waals surface area contributed by atoms with Crippen LogP contribution in [0.4, 0.5) is 5.69 Å². The van der Waals surface area contributed by atoms with Gasteiger partial charge in [0.2, 0.25) is 5.91 Å². The molecule has 0 aliphatic carbocycles. The summed E-state index contributed by atoms with van der Waals surface area (Å²) in [6.07, 6.45) is 2.61. The summed E-state index contributed by atoms with van der Waals surface area (Å²) in [4.78, 5) is 17.7. The van der Waals surface area contributed by atoms with Crippen LogP contribution in [0.5, 0.6) is 0 Å². The van der Waals surface area contributed by atoms with Crippen LogP contribution in [-0.2, 0) is 17.6 Å². The topological polar surface area (TPSA) is 47.6 Å². The lowest BCUT2D eigenvalue weighted by molar-refractivity contribution is -0.116. The van der Waals surface area contributed by atoms with E-state index in [0.717, 1.165) is 64.3 Å². The Balaban J connectivity index is 0.00000169. The highest BCUT2D eigenvalue weighted by atomic mass is 35.5. The summed E-state index contributed by atoms with van der Waals surface area (Å²) in [7, 11) is 0. The van der Waals surface area contributed by atoms with Gasteiger partial charge in [0.1, 0.15) is 0 Å². The minimum Gasteiger partial charge on any atom is -0.326 e. The van der Waals surface area contributed by atoms with E-state index in [4.69, 9.17) is 0 Å². The number of anilines is 1. The average molecular weight is 578 g/mol. The molecule has 206 valence electrons. The van der Waals surface area contributed by atoms with Crippen LogP contribution < -0.4 is 10.6 Å². The van der Waals surface area contributed by atoms with Crippen molar-refractivity contribution in [2.75, 3.05) is 51.1 Å². The first-order chi connectivity index (χ1) is 17.3. The summed E-state index contributed by atoms with van der Waals surface area (Å²) in [6.45, 7) is 6.79. The number of nitrogens with zero attached hydrogens (tertiary/aromatic N) is 2. The summed E-state index contributed by atoms with van der Waals surface area (Å²) in [5, 5.41) is 6.57. The number of hydrogen-bond acceptors (Lipinski definition) is 4. The highest BCUT2D eigenvalue weighted by Gasteiger charge is 2.26. The predicted molar refractivity (Wildman–Crippen MR) is 164 cm³/mol. The molecule has 0 atom stereocenters. The van der Waals surface area contributed by atoms with Gasteiger partial charge in [0.15, 0.2) is 0 Å². The number of carbonyl (C=O) groups excluding carboxylic acids is 1. The Bertz CT molecular complexity index is 1070. The maximum absolute atomic E-state index is 12.7. The number of halogens is 3. The summed E-state index contributed by atoms with van der Waals surface area (Å²) in [5.74, 6) is 0.102. The lowest BCUT2D eigenvalue weighted by Crippen LogP contribution is -2.48. The van der Waals surface area contributed by atoms with E-state index in [2.05, 4.69) is 93.2 Å². The summed E-state index contributed by atoms with van der Waals surface area (Å²) >= 11 is 0. The second-order valence-electron chi connectivity index (χ2n) is 9.63. The molecule has 1 amide bonds. The van der Waals surface area contributed by atoms with E-state index in [9.17, 15) is 4.79 Å². The molecule has 1 saturated heterocycles. The summed E-state index contributed by atoms with van der Waals surface area (Å²) in [6, 6.07) is 28.2. The second kappa shape index (κ2) is 16.1. The van der Waals surface area contributed by atoms with Crippen molar-refractivity contribution in [3.8, 4) is 0 Å². The van der Waals surface area contributed by atoms with Crippen LogP contribution >= 0.6 is 37.2 Å². The molecule has 2 heterocycles. The largest absolute Gasteiger partial charge is 0.326 e. The molecule has 3 aromatic carbocycles. The quantitative estimate of drug-likeness (QED) is 0.396. The smallest absolute Gasteiger partial charge is 0.225 e. The van der Waals surface area contributed by atoms with Crippen LogP contribution in [0, 0.1) is 0 Å². The molecule has 8 heteroatoms. The molecule has 2 aliphatic heterocycles. The fourth-order valence-corrected chi connectivity index (χ4v) is 5.36. The second-order valence-corrected chi connectivity index (χ2v) is 9.63. The molecule has 5 rings (SSSR count). The van der Waals surface area contributed by atoms with Gasteiger partial charge in [-0.1, -0.05) is 66.7 Å². The van der Waals surface area contributed by atoms with Gasteiger partial charge < -0.3 is 15.5 Å². The van der Waals surface area contributed by atoms with Gasteiger partial charge >= 0.3 is 0 Å². The first-order valence-electron chi connectivity index (χ1n) is 12.9. The number of fused-ring (bicyclic) bond motifs is 1. The maximum Gasteiger partial charge on any atom is 0.225 e. The van der Waals surface area contributed by atoms with E-state index in [1.807, 2.05) is 6.07 Å². The molecule has 0 spiro atoms. The molecule has 5 nitrogen and oxygen atoms in total. The van der Waals surface area contributed by atoms with E-state index in [1.54, 1.807) is 0 Å². The van der Waals surface area contributed by atoms with Crippen LogP contribution in [0.1, 0.15) is 34.7 Å².